The van der Waals surface area contributed by atoms with Crippen LogP contribution in [0.3, 0.4) is 0 Å². The first-order valence-electron chi connectivity index (χ1n) is 6.87. The molecule has 0 unspecified atom stereocenters. The summed E-state index contributed by atoms with van der Waals surface area (Å²) in [5.41, 5.74) is 1.11. The van der Waals surface area contributed by atoms with Crippen LogP contribution in [0.4, 0.5) is 5.69 Å². The smallest absolute Gasteiger partial charge is 0.262 e. The van der Waals surface area contributed by atoms with Crippen LogP contribution in [0.2, 0.25) is 0 Å². The highest BCUT2D eigenvalue weighted by atomic mass is 127. The van der Waals surface area contributed by atoms with Gasteiger partial charge in [-0.15, -0.1) is 0 Å². The zero-order chi connectivity index (χ0) is 16.8. The molecule has 0 aliphatic heterocycles. The molecule has 1 amide bonds. The molecule has 0 atom stereocenters. The monoisotopic (exact) mass is 425 g/mol. The second kappa shape index (κ2) is 7.96. The summed E-state index contributed by atoms with van der Waals surface area (Å²) >= 11 is 2.17. The van der Waals surface area contributed by atoms with Crippen molar-refractivity contribution >= 4 is 40.0 Å². The summed E-state index contributed by atoms with van der Waals surface area (Å²) in [5.74, 6) is 0.447. The Hall–Kier alpha value is -2.09. The summed E-state index contributed by atoms with van der Waals surface area (Å²) in [6.45, 7) is 1.25. The largest absolute Gasteiger partial charge is 0.497 e. The fourth-order valence-corrected chi connectivity index (χ4v) is 2.49. The van der Waals surface area contributed by atoms with Crippen molar-refractivity contribution in [2.45, 2.75) is 6.92 Å². The number of carbonyl (C=O) groups excluding carboxylic acids is 2. The predicted molar refractivity (Wildman–Crippen MR) is 96.3 cm³/mol. The summed E-state index contributed by atoms with van der Waals surface area (Å²) in [4.78, 5) is 23.6. The van der Waals surface area contributed by atoms with Gasteiger partial charge in [-0.05, 0) is 59.8 Å². The van der Waals surface area contributed by atoms with Crippen molar-refractivity contribution in [1.82, 2.24) is 0 Å². The first kappa shape index (κ1) is 17.3. The predicted octanol–water partition coefficient (Wildman–Crippen LogP) is 3.52. The van der Waals surface area contributed by atoms with Gasteiger partial charge in [0.05, 0.1) is 12.7 Å². The molecule has 0 aromatic heterocycles. The van der Waals surface area contributed by atoms with Crippen LogP contribution in [-0.2, 0) is 4.79 Å². The molecule has 0 fully saturated rings. The van der Waals surface area contributed by atoms with Gasteiger partial charge in [-0.3, -0.25) is 9.59 Å². The van der Waals surface area contributed by atoms with Gasteiger partial charge in [0, 0.05) is 15.3 Å². The Morgan fingerprint density at radius 3 is 2.61 bits per heavy atom. The van der Waals surface area contributed by atoms with E-state index in [0.717, 1.165) is 3.57 Å². The zero-order valence-corrected chi connectivity index (χ0v) is 14.9. The summed E-state index contributed by atoms with van der Waals surface area (Å²) < 4.78 is 11.6. The van der Waals surface area contributed by atoms with E-state index in [1.165, 1.54) is 14.0 Å². The maximum absolute atomic E-state index is 12.0. The molecule has 2 rings (SSSR count). The topological polar surface area (TPSA) is 64.6 Å². The standard InChI is InChI=1S/C17H16INO4/c1-11(20)15-7-6-14(22-2)9-16(15)23-10-17(21)19-13-5-3-4-12(18)8-13/h3-9H,10H2,1-2H3,(H,19,21). The van der Waals surface area contributed by atoms with Crippen molar-refractivity contribution in [2.75, 3.05) is 19.0 Å². The quantitative estimate of drug-likeness (QED) is 0.569. The number of anilines is 1. The van der Waals surface area contributed by atoms with Crippen LogP contribution in [0.5, 0.6) is 11.5 Å². The fraction of sp³-hybridized carbons (Fsp3) is 0.176. The molecule has 0 spiro atoms. The molecule has 0 heterocycles. The number of rotatable bonds is 6. The number of nitrogens with one attached hydrogen (secondary N) is 1. The van der Waals surface area contributed by atoms with Gasteiger partial charge in [0.2, 0.25) is 0 Å². The SMILES string of the molecule is COc1ccc(C(C)=O)c(OCC(=O)Nc2cccc(I)c2)c1. The molecule has 0 radical (unpaired) electrons. The molecule has 23 heavy (non-hydrogen) atoms. The lowest BCUT2D eigenvalue weighted by Crippen LogP contribution is -2.20. The molecule has 0 saturated carbocycles. The number of hydrogen-bond acceptors (Lipinski definition) is 4. The van der Waals surface area contributed by atoms with E-state index in [-0.39, 0.29) is 18.3 Å². The Kier molecular flexibility index (Phi) is 5.97. The molecule has 0 bridgehead atoms. The van der Waals surface area contributed by atoms with E-state index in [2.05, 4.69) is 27.9 Å². The Morgan fingerprint density at radius 1 is 1.17 bits per heavy atom. The number of Topliss-reactive ketones (excluding diaryl/α,β-unsaturated/α-hetero) is 1. The molecule has 5 nitrogen and oxygen atoms in total. The number of carbonyl (C=O) groups is 2. The highest BCUT2D eigenvalue weighted by Crippen LogP contribution is 2.25. The van der Waals surface area contributed by atoms with Crippen LogP contribution in [0.1, 0.15) is 17.3 Å². The first-order chi connectivity index (χ1) is 11.0. The Morgan fingerprint density at radius 2 is 1.96 bits per heavy atom. The molecule has 6 heteroatoms. The summed E-state index contributed by atoms with van der Waals surface area (Å²) in [6.07, 6.45) is 0. The lowest BCUT2D eigenvalue weighted by Gasteiger charge is -2.11. The normalized spacial score (nSPS) is 10.0. The molecule has 2 aromatic rings. The zero-order valence-electron chi connectivity index (χ0n) is 12.8. The van der Waals surface area contributed by atoms with Crippen molar-refractivity contribution in [3.63, 3.8) is 0 Å². The van der Waals surface area contributed by atoms with Crippen LogP contribution in [-0.4, -0.2) is 25.4 Å². The van der Waals surface area contributed by atoms with Crippen LogP contribution in [0.15, 0.2) is 42.5 Å². The third-order valence-corrected chi connectivity index (χ3v) is 3.71. The molecule has 0 aliphatic carbocycles. The molecule has 0 aliphatic rings. The number of halogens is 1. The van der Waals surface area contributed by atoms with Crippen LogP contribution < -0.4 is 14.8 Å². The third kappa shape index (κ3) is 4.95. The third-order valence-electron chi connectivity index (χ3n) is 3.04. The van der Waals surface area contributed by atoms with E-state index in [1.54, 1.807) is 24.3 Å². The minimum absolute atomic E-state index is 0.138. The Balaban J connectivity index is 2.05. The lowest BCUT2D eigenvalue weighted by atomic mass is 10.1. The van der Waals surface area contributed by atoms with Gasteiger partial charge >= 0.3 is 0 Å². The number of amides is 1. The minimum Gasteiger partial charge on any atom is -0.497 e. The van der Waals surface area contributed by atoms with Gasteiger partial charge in [0.25, 0.3) is 5.91 Å². The van der Waals surface area contributed by atoms with Gasteiger partial charge in [0.15, 0.2) is 12.4 Å². The highest BCUT2D eigenvalue weighted by Gasteiger charge is 2.12. The summed E-state index contributed by atoms with van der Waals surface area (Å²) in [5, 5.41) is 2.75. The van der Waals surface area contributed by atoms with E-state index < -0.39 is 0 Å². The summed E-state index contributed by atoms with van der Waals surface area (Å²) in [6, 6.07) is 12.3. The maximum Gasteiger partial charge on any atom is 0.262 e. The van der Waals surface area contributed by atoms with E-state index in [4.69, 9.17) is 9.47 Å². The van der Waals surface area contributed by atoms with Crippen molar-refractivity contribution in [3.8, 4) is 11.5 Å². The van der Waals surface area contributed by atoms with Gasteiger partial charge in [0.1, 0.15) is 11.5 Å². The molecular formula is C17H16INO4. The van der Waals surface area contributed by atoms with Crippen molar-refractivity contribution in [2.24, 2.45) is 0 Å². The summed E-state index contributed by atoms with van der Waals surface area (Å²) in [7, 11) is 1.52. The molecular weight excluding hydrogens is 409 g/mol. The molecule has 2 aromatic carbocycles. The minimum atomic E-state index is -0.302. The second-order valence-corrected chi connectivity index (χ2v) is 6.01. The van der Waals surface area contributed by atoms with Crippen molar-refractivity contribution < 1.29 is 19.1 Å². The number of ether oxygens (including phenoxy) is 2. The van der Waals surface area contributed by atoms with Crippen LogP contribution >= 0.6 is 22.6 Å². The molecule has 120 valence electrons. The second-order valence-electron chi connectivity index (χ2n) is 4.77. The van der Waals surface area contributed by atoms with Gasteiger partial charge < -0.3 is 14.8 Å². The van der Waals surface area contributed by atoms with E-state index in [1.807, 2.05) is 18.2 Å². The Bertz CT molecular complexity index is 730. The average molecular weight is 425 g/mol. The van der Waals surface area contributed by atoms with E-state index in [9.17, 15) is 9.59 Å². The maximum atomic E-state index is 12.0. The highest BCUT2D eigenvalue weighted by molar-refractivity contribution is 14.1. The fourth-order valence-electron chi connectivity index (χ4n) is 1.95. The molecule has 1 N–H and O–H groups in total. The van der Waals surface area contributed by atoms with Crippen LogP contribution in [0, 0.1) is 3.57 Å². The first-order valence-corrected chi connectivity index (χ1v) is 7.94. The number of benzene rings is 2. The van der Waals surface area contributed by atoms with E-state index in [0.29, 0.717) is 22.7 Å². The van der Waals surface area contributed by atoms with Gasteiger partial charge in [-0.1, -0.05) is 6.07 Å². The van der Waals surface area contributed by atoms with Crippen molar-refractivity contribution in [1.29, 1.82) is 0 Å². The number of methoxy groups -OCH3 is 1. The molecule has 0 saturated heterocycles. The number of ketones is 1. The van der Waals surface area contributed by atoms with Crippen molar-refractivity contribution in [3.05, 3.63) is 51.6 Å². The van der Waals surface area contributed by atoms with Gasteiger partial charge in [-0.25, -0.2) is 0 Å². The number of hydrogen-bond donors (Lipinski definition) is 1. The Labute approximate surface area is 148 Å². The van der Waals surface area contributed by atoms with Gasteiger partial charge in [-0.2, -0.15) is 0 Å². The van der Waals surface area contributed by atoms with E-state index >= 15 is 0 Å². The average Bonchev–Trinajstić information content (AvgIpc) is 2.52. The van der Waals surface area contributed by atoms with Crippen LogP contribution in [0.25, 0.3) is 0 Å². The lowest BCUT2D eigenvalue weighted by molar-refractivity contribution is -0.118.